The van der Waals surface area contributed by atoms with Gasteiger partial charge >= 0.3 is 0 Å². The molecule has 7 nitrogen and oxygen atoms in total. The zero-order chi connectivity index (χ0) is 16.9. The molecule has 0 saturated carbocycles. The topological polar surface area (TPSA) is 78.2 Å². The summed E-state index contributed by atoms with van der Waals surface area (Å²) < 4.78 is 30.0. The van der Waals surface area contributed by atoms with Crippen LogP contribution >= 0.6 is 24.0 Å². The fourth-order valence-corrected chi connectivity index (χ4v) is 3.65. The smallest absolute Gasteiger partial charge is 0.211 e. The Bertz CT molecular complexity index is 611. The molecule has 1 aliphatic rings. The second-order valence-electron chi connectivity index (χ2n) is 5.97. The van der Waals surface area contributed by atoms with Crippen LogP contribution in [0.3, 0.4) is 0 Å². The van der Waals surface area contributed by atoms with Gasteiger partial charge in [-0.15, -0.1) is 24.0 Å². The lowest BCUT2D eigenvalue weighted by molar-refractivity contribution is 0.273. The molecule has 0 aliphatic carbocycles. The molecule has 2 rings (SSSR count). The third-order valence-corrected chi connectivity index (χ3v) is 5.44. The molecule has 0 radical (unpaired) electrons. The van der Waals surface area contributed by atoms with E-state index in [4.69, 9.17) is 4.42 Å². The Hall–Kier alpha value is -0.810. The molecule has 0 aromatic carbocycles. The number of guanidine groups is 1. The second kappa shape index (κ2) is 9.62. The first kappa shape index (κ1) is 21.2. The predicted molar refractivity (Wildman–Crippen MR) is 106 cm³/mol. The van der Waals surface area contributed by atoms with E-state index in [1.165, 1.54) is 6.26 Å². The summed E-state index contributed by atoms with van der Waals surface area (Å²) in [5.74, 6) is 2.16. The van der Waals surface area contributed by atoms with E-state index in [1.807, 2.05) is 24.1 Å². The standard InChI is InChI=1S/C15H26N4O3S.HI/c1-16-15(18(2)12-14-5-4-10-22-14)17-11-13-6-8-19(9-7-13)23(3,20)21;/h4-5,10,13H,6-9,11-12H2,1-3H3,(H,16,17);1H. The van der Waals surface area contributed by atoms with Crippen LogP contribution in [0.4, 0.5) is 0 Å². The molecule has 2 heterocycles. The first-order chi connectivity index (χ1) is 10.9. The maximum atomic E-state index is 11.5. The summed E-state index contributed by atoms with van der Waals surface area (Å²) in [7, 11) is 0.662. The van der Waals surface area contributed by atoms with Crippen molar-refractivity contribution < 1.29 is 12.8 Å². The van der Waals surface area contributed by atoms with Gasteiger partial charge in [0.25, 0.3) is 0 Å². The first-order valence-corrected chi connectivity index (χ1v) is 9.64. The normalized spacial score (nSPS) is 17.4. The van der Waals surface area contributed by atoms with Gasteiger partial charge in [0.1, 0.15) is 5.76 Å². The Labute approximate surface area is 161 Å². The van der Waals surface area contributed by atoms with Gasteiger partial charge in [0.05, 0.1) is 19.1 Å². The van der Waals surface area contributed by atoms with E-state index in [0.29, 0.717) is 25.6 Å². The lowest BCUT2D eigenvalue weighted by Crippen LogP contribution is -2.44. The van der Waals surface area contributed by atoms with Gasteiger partial charge in [-0.1, -0.05) is 0 Å². The van der Waals surface area contributed by atoms with Crippen LogP contribution < -0.4 is 5.32 Å². The van der Waals surface area contributed by atoms with Crippen molar-refractivity contribution in [1.29, 1.82) is 0 Å². The van der Waals surface area contributed by atoms with Crippen LogP contribution in [-0.4, -0.2) is 63.6 Å². The third kappa shape index (κ3) is 6.25. The lowest BCUT2D eigenvalue weighted by atomic mass is 9.98. The highest BCUT2D eigenvalue weighted by Crippen LogP contribution is 2.18. The van der Waals surface area contributed by atoms with E-state index in [9.17, 15) is 8.42 Å². The van der Waals surface area contributed by atoms with E-state index in [2.05, 4.69) is 10.3 Å². The van der Waals surface area contributed by atoms with Gasteiger partial charge in [-0.05, 0) is 30.9 Å². The molecule has 0 unspecified atom stereocenters. The number of hydrogen-bond donors (Lipinski definition) is 1. The zero-order valence-corrected chi connectivity index (χ0v) is 17.6. The Morgan fingerprint density at radius 1 is 1.46 bits per heavy atom. The summed E-state index contributed by atoms with van der Waals surface area (Å²) in [6.07, 6.45) is 4.68. The zero-order valence-electron chi connectivity index (χ0n) is 14.4. The minimum Gasteiger partial charge on any atom is -0.467 e. The number of aliphatic imine (C=N–C) groups is 1. The van der Waals surface area contributed by atoms with Crippen molar-refractivity contribution in [1.82, 2.24) is 14.5 Å². The third-order valence-electron chi connectivity index (χ3n) is 4.14. The summed E-state index contributed by atoms with van der Waals surface area (Å²) >= 11 is 0. The van der Waals surface area contributed by atoms with Crippen LogP contribution in [0.5, 0.6) is 0 Å². The summed E-state index contributed by atoms with van der Waals surface area (Å²) in [6, 6.07) is 3.81. The molecule has 9 heteroatoms. The van der Waals surface area contributed by atoms with Gasteiger partial charge in [0, 0.05) is 33.7 Å². The van der Waals surface area contributed by atoms with Crippen molar-refractivity contribution in [3.63, 3.8) is 0 Å². The minimum atomic E-state index is -3.06. The molecular weight excluding hydrogens is 443 g/mol. The highest BCUT2D eigenvalue weighted by molar-refractivity contribution is 14.0. The van der Waals surface area contributed by atoms with Gasteiger partial charge in [0.15, 0.2) is 5.96 Å². The average molecular weight is 470 g/mol. The van der Waals surface area contributed by atoms with Gasteiger partial charge in [0.2, 0.25) is 10.0 Å². The number of hydrogen-bond acceptors (Lipinski definition) is 4. The van der Waals surface area contributed by atoms with Crippen LogP contribution in [0.2, 0.25) is 0 Å². The van der Waals surface area contributed by atoms with E-state index in [0.717, 1.165) is 31.1 Å². The molecule has 0 atom stereocenters. The van der Waals surface area contributed by atoms with Gasteiger partial charge in [-0.2, -0.15) is 0 Å². The number of nitrogens with one attached hydrogen (secondary N) is 1. The van der Waals surface area contributed by atoms with Crippen molar-refractivity contribution in [2.75, 3.05) is 40.0 Å². The number of nitrogens with zero attached hydrogens (tertiary/aromatic N) is 3. The van der Waals surface area contributed by atoms with Gasteiger partial charge < -0.3 is 14.6 Å². The molecule has 138 valence electrons. The van der Waals surface area contributed by atoms with Crippen molar-refractivity contribution in [2.24, 2.45) is 10.9 Å². The number of sulfonamides is 1. The monoisotopic (exact) mass is 470 g/mol. The van der Waals surface area contributed by atoms with Crippen LogP contribution in [0.25, 0.3) is 0 Å². The van der Waals surface area contributed by atoms with Crippen molar-refractivity contribution >= 4 is 40.0 Å². The molecule has 1 aromatic rings. The number of halogens is 1. The molecule has 0 spiro atoms. The number of piperidine rings is 1. The van der Waals surface area contributed by atoms with Crippen LogP contribution in [0, 0.1) is 5.92 Å². The summed E-state index contributed by atoms with van der Waals surface area (Å²) in [6.45, 7) is 2.66. The van der Waals surface area contributed by atoms with Crippen LogP contribution in [0.1, 0.15) is 18.6 Å². The van der Waals surface area contributed by atoms with Crippen molar-refractivity contribution in [2.45, 2.75) is 19.4 Å². The molecule has 0 amide bonds. The molecule has 1 aromatic heterocycles. The number of rotatable bonds is 5. The molecule has 1 fully saturated rings. The van der Waals surface area contributed by atoms with Crippen LogP contribution in [0.15, 0.2) is 27.8 Å². The van der Waals surface area contributed by atoms with Crippen molar-refractivity contribution in [3.8, 4) is 0 Å². The fourth-order valence-electron chi connectivity index (χ4n) is 2.78. The SMILES string of the molecule is CN=C(NCC1CCN(S(C)(=O)=O)CC1)N(C)Cc1ccco1.I. The van der Waals surface area contributed by atoms with Crippen LogP contribution in [-0.2, 0) is 16.6 Å². The summed E-state index contributed by atoms with van der Waals surface area (Å²) in [5.41, 5.74) is 0. The Morgan fingerprint density at radius 3 is 2.62 bits per heavy atom. The lowest BCUT2D eigenvalue weighted by Gasteiger charge is -2.31. The molecular formula is C15H27IN4O3S. The molecule has 1 N–H and O–H groups in total. The Balaban J connectivity index is 0.00000288. The maximum absolute atomic E-state index is 11.5. The van der Waals surface area contributed by atoms with E-state index in [-0.39, 0.29) is 24.0 Å². The Morgan fingerprint density at radius 2 is 2.12 bits per heavy atom. The van der Waals surface area contributed by atoms with E-state index < -0.39 is 10.0 Å². The number of furan rings is 1. The Kier molecular flexibility index (Phi) is 8.51. The average Bonchev–Trinajstić information content (AvgIpc) is 3.00. The largest absolute Gasteiger partial charge is 0.467 e. The molecule has 0 bridgehead atoms. The maximum Gasteiger partial charge on any atom is 0.211 e. The van der Waals surface area contributed by atoms with Gasteiger partial charge in [-0.3, -0.25) is 4.99 Å². The molecule has 24 heavy (non-hydrogen) atoms. The highest BCUT2D eigenvalue weighted by Gasteiger charge is 2.25. The predicted octanol–water partition coefficient (Wildman–Crippen LogP) is 1.58. The molecule has 1 aliphatic heterocycles. The minimum absolute atomic E-state index is 0. The summed E-state index contributed by atoms with van der Waals surface area (Å²) in [4.78, 5) is 6.30. The molecule has 1 saturated heterocycles. The highest BCUT2D eigenvalue weighted by atomic mass is 127. The quantitative estimate of drug-likeness (QED) is 0.402. The van der Waals surface area contributed by atoms with Gasteiger partial charge in [-0.25, -0.2) is 12.7 Å². The van der Waals surface area contributed by atoms with E-state index in [1.54, 1.807) is 17.6 Å². The fraction of sp³-hybridized carbons (Fsp3) is 0.667. The van der Waals surface area contributed by atoms with E-state index >= 15 is 0 Å². The summed E-state index contributed by atoms with van der Waals surface area (Å²) in [5, 5.41) is 3.37. The second-order valence-corrected chi connectivity index (χ2v) is 7.95. The first-order valence-electron chi connectivity index (χ1n) is 7.79. The van der Waals surface area contributed by atoms with Crippen molar-refractivity contribution in [3.05, 3.63) is 24.2 Å².